The second-order valence-electron chi connectivity index (χ2n) is 3.99. The first-order valence-corrected chi connectivity index (χ1v) is 5.55. The number of halogens is 6. The quantitative estimate of drug-likeness (QED) is 0.368. The molecule has 0 saturated heterocycles. The van der Waals surface area contributed by atoms with Crippen molar-refractivity contribution < 1.29 is 35.9 Å². The number of ether oxygens (including phenoxy) is 1. The summed E-state index contributed by atoms with van der Waals surface area (Å²) < 4.78 is 84.4. The van der Waals surface area contributed by atoms with Crippen LogP contribution in [0, 0.1) is 34.9 Å². The van der Waals surface area contributed by atoms with Crippen LogP contribution in [-0.4, -0.2) is 18.1 Å². The van der Waals surface area contributed by atoms with Gasteiger partial charge in [0.15, 0.2) is 29.0 Å². The Labute approximate surface area is 119 Å². The molecule has 0 atom stereocenters. The Bertz CT molecular complexity index is 749. The van der Waals surface area contributed by atoms with Crippen LogP contribution in [0.15, 0.2) is 12.3 Å². The zero-order valence-electron chi connectivity index (χ0n) is 10.7. The molecule has 116 valence electrons. The van der Waals surface area contributed by atoms with Crippen LogP contribution in [0.4, 0.5) is 26.3 Å². The Morgan fingerprint density at radius 1 is 0.955 bits per heavy atom. The molecule has 0 saturated carbocycles. The van der Waals surface area contributed by atoms with Crippen molar-refractivity contribution in [1.82, 2.24) is 4.98 Å². The molecule has 0 unspecified atom stereocenters. The van der Waals surface area contributed by atoms with Crippen molar-refractivity contribution in [2.75, 3.05) is 7.11 Å². The van der Waals surface area contributed by atoms with Crippen molar-refractivity contribution in [3.05, 3.63) is 52.9 Å². The zero-order valence-corrected chi connectivity index (χ0v) is 10.7. The number of esters is 1. The molecule has 2 aromatic rings. The molecule has 0 aliphatic heterocycles. The van der Waals surface area contributed by atoms with Crippen LogP contribution < -0.4 is 0 Å². The van der Waals surface area contributed by atoms with Gasteiger partial charge in [-0.2, -0.15) is 0 Å². The van der Waals surface area contributed by atoms with Crippen LogP contribution in [0.5, 0.6) is 0 Å². The molecular weight excluding hydrogens is 316 g/mol. The minimum Gasteiger partial charge on any atom is -0.464 e. The van der Waals surface area contributed by atoms with Gasteiger partial charge in [-0.3, -0.25) is 0 Å². The van der Waals surface area contributed by atoms with Gasteiger partial charge in [0.1, 0.15) is 5.82 Å². The largest absolute Gasteiger partial charge is 0.464 e. The molecule has 1 aromatic carbocycles. The normalized spacial score (nSPS) is 10.7. The predicted molar refractivity (Wildman–Crippen MR) is 60.8 cm³/mol. The number of methoxy groups -OCH3 is 1. The van der Waals surface area contributed by atoms with Gasteiger partial charge in [0, 0.05) is 5.56 Å². The van der Waals surface area contributed by atoms with Crippen LogP contribution >= 0.6 is 0 Å². The molecule has 1 aromatic heterocycles. The molecule has 0 aliphatic rings. The standard InChI is InChI=1S/C13H5F6NO2/c1-22-13(21)12-5(2-4(14)3-20-12)6-7(15)9(17)11(19)10(18)8(6)16/h2-3H,1H3. The molecule has 0 N–H and O–H groups in total. The van der Waals surface area contributed by atoms with Crippen LogP contribution in [0.3, 0.4) is 0 Å². The second-order valence-corrected chi connectivity index (χ2v) is 3.99. The molecule has 0 spiro atoms. The van der Waals surface area contributed by atoms with Crippen LogP contribution in [0.1, 0.15) is 10.5 Å². The lowest BCUT2D eigenvalue weighted by Gasteiger charge is -2.11. The molecule has 0 fully saturated rings. The molecule has 3 nitrogen and oxygen atoms in total. The van der Waals surface area contributed by atoms with Crippen LogP contribution in [0.25, 0.3) is 11.1 Å². The summed E-state index contributed by atoms with van der Waals surface area (Å²) in [5, 5.41) is 0. The monoisotopic (exact) mass is 321 g/mol. The van der Waals surface area contributed by atoms with Gasteiger partial charge in [-0.15, -0.1) is 0 Å². The van der Waals surface area contributed by atoms with Crippen molar-refractivity contribution in [3.63, 3.8) is 0 Å². The highest BCUT2D eigenvalue weighted by Gasteiger charge is 2.30. The number of nitrogens with zero attached hydrogens (tertiary/aromatic N) is 1. The first kappa shape index (κ1) is 15.8. The third kappa shape index (κ3) is 2.38. The number of benzene rings is 1. The highest BCUT2D eigenvalue weighted by atomic mass is 19.2. The fourth-order valence-corrected chi connectivity index (χ4v) is 1.73. The first-order chi connectivity index (χ1) is 10.3. The Morgan fingerprint density at radius 2 is 1.45 bits per heavy atom. The number of carbonyl (C=O) groups is 1. The maximum absolute atomic E-state index is 13.7. The number of carbonyl (C=O) groups excluding carboxylic acids is 1. The fourth-order valence-electron chi connectivity index (χ4n) is 1.73. The lowest BCUT2D eigenvalue weighted by Crippen LogP contribution is -2.11. The average molecular weight is 321 g/mol. The summed E-state index contributed by atoms with van der Waals surface area (Å²) in [6.45, 7) is 0. The molecule has 0 aliphatic carbocycles. The number of rotatable bonds is 2. The van der Waals surface area contributed by atoms with Crippen LogP contribution in [-0.2, 0) is 4.74 Å². The van der Waals surface area contributed by atoms with Crippen molar-refractivity contribution in [1.29, 1.82) is 0 Å². The Hall–Kier alpha value is -2.58. The van der Waals surface area contributed by atoms with Gasteiger partial charge >= 0.3 is 5.97 Å². The maximum atomic E-state index is 13.7. The molecule has 0 bridgehead atoms. The van der Waals surface area contributed by atoms with E-state index < -0.39 is 57.7 Å². The van der Waals surface area contributed by atoms with E-state index >= 15 is 0 Å². The van der Waals surface area contributed by atoms with Gasteiger partial charge < -0.3 is 4.74 Å². The average Bonchev–Trinajstić information content (AvgIpc) is 2.50. The highest BCUT2D eigenvalue weighted by molar-refractivity contribution is 5.95. The van der Waals surface area contributed by atoms with E-state index in [1.165, 1.54) is 0 Å². The van der Waals surface area contributed by atoms with E-state index in [0.29, 0.717) is 12.3 Å². The smallest absolute Gasteiger partial charge is 0.357 e. The summed E-state index contributed by atoms with van der Waals surface area (Å²) >= 11 is 0. The van der Waals surface area contributed by atoms with Crippen molar-refractivity contribution >= 4 is 5.97 Å². The SMILES string of the molecule is COC(=O)c1ncc(F)cc1-c1c(F)c(F)c(F)c(F)c1F. The summed E-state index contributed by atoms with van der Waals surface area (Å²) in [6.07, 6.45) is 0.530. The number of pyridine rings is 1. The third-order valence-electron chi connectivity index (χ3n) is 2.71. The minimum absolute atomic E-state index is 0.414. The van der Waals surface area contributed by atoms with E-state index in [1.807, 2.05) is 0 Å². The molecule has 9 heteroatoms. The van der Waals surface area contributed by atoms with Crippen molar-refractivity contribution in [2.45, 2.75) is 0 Å². The summed E-state index contributed by atoms with van der Waals surface area (Å²) in [5.74, 6) is -13.6. The Morgan fingerprint density at radius 3 is 1.95 bits per heavy atom. The van der Waals surface area contributed by atoms with E-state index in [4.69, 9.17) is 0 Å². The molecule has 2 rings (SSSR count). The van der Waals surface area contributed by atoms with Gasteiger partial charge in [0.05, 0.1) is 18.9 Å². The third-order valence-corrected chi connectivity index (χ3v) is 2.71. The summed E-state index contributed by atoms with van der Waals surface area (Å²) in [5.41, 5.74) is -3.18. The van der Waals surface area contributed by atoms with Crippen LogP contribution in [0.2, 0.25) is 0 Å². The number of hydrogen-bond acceptors (Lipinski definition) is 3. The first-order valence-electron chi connectivity index (χ1n) is 5.55. The minimum atomic E-state index is -2.37. The summed E-state index contributed by atoms with van der Waals surface area (Å²) in [6, 6.07) is 0.414. The van der Waals surface area contributed by atoms with E-state index in [1.54, 1.807) is 0 Å². The predicted octanol–water partition coefficient (Wildman–Crippen LogP) is 3.37. The summed E-state index contributed by atoms with van der Waals surface area (Å²) in [4.78, 5) is 14.7. The van der Waals surface area contributed by atoms with Crippen molar-refractivity contribution in [2.24, 2.45) is 0 Å². The maximum Gasteiger partial charge on any atom is 0.357 e. The molecule has 0 radical (unpaired) electrons. The topological polar surface area (TPSA) is 39.2 Å². The number of hydrogen-bond donors (Lipinski definition) is 0. The van der Waals surface area contributed by atoms with Gasteiger partial charge in [0.25, 0.3) is 0 Å². The van der Waals surface area contributed by atoms with E-state index in [0.717, 1.165) is 7.11 Å². The Balaban J connectivity index is 2.88. The van der Waals surface area contributed by atoms with Gasteiger partial charge in [-0.25, -0.2) is 36.1 Å². The fraction of sp³-hybridized carbons (Fsp3) is 0.0769. The zero-order chi connectivity index (χ0) is 16.6. The second kappa shape index (κ2) is 5.66. The van der Waals surface area contributed by atoms with Gasteiger partial charge in [-0.1, -0.05) is 0 Å². The van der Waals surface area contributed by atoms with E-state index in [2.05, 4.69) is 9.72 Å². The number of aromatic nitrogens is 1. The van der Waals surface area contributed by atoms with Crippen molar-refractivity contribution in [3.8, 4) is 11.1 Å². The molecule has 22 heavy (non-hydrogen) atoms. The van der Waals surface area contributed by atoms with Gasteiger partial charge in [-0.05, 0) is 6.07 Å². The Kier molecular flexibility index (Phi) is 4.07. The molecule has 1 heterocycles. The van der Waals surface area contributed by atoms with Gasteiger partial charge in [0.2, 0.25) is 5.82 Å². The highest BCUT2D eigenvalue weighted by Crippen LogP contribution is 2.33. The summed E-state index contributed by atoms with van der Waals surface area (Å²) in [7, 11) is 0.899. The van der Waals surface area contributed by atoms with E-state index in [-0.39, 0.29) is 0 Å². The molecule has 0 amide bonds. The van der Waals surface area contributed by atoms with E-state index in [9.17, 15) is 31.1 Å². The molecular formula is C13H5F6NO2. The lowest BCUT2D eigenvalue weighted by molar-refractivity contribution is 0.0595. The lowest BCUT2D eigenvalue weighted by atomic mass is 10.0.